The molecule has 1 aromatic rings. The first-order valence-corrected chi connectivity index (χ1v) is 6.45. The van der Waals surface area contributed by atoms with Gasteiger partial charge in [-0.05, 0) is 53.0 Å². The third kappa shape index (κ3) is 2.61. The van der Waals surface area contributed by atoms with Gasteiger partial charge in [-0.1, -0.05) is 0 Å². The molecule has 0 radical (unpaired) electrons. The van der Waals surface area contributed by atoms with Crippen LogP contribution < -0.4 is 16.4 Å². The van der Waals surface area contributed by atoms with Gasteiger partial charge in [-0.25, -0.2) is 0 Å². The fourth-order valence-electron chi connectivity index (χ4n) is 2.16. The highest BCUT2D eigenvalue weighted by Crippen LogP contribution is 2.27. The number of primary amides is 1. The predicted molar refractivity (Wildman–Crippen MR) is 72.0 cm³/mol. The Hall–Kier alpha value is -1.07. The van der Waals surface area contributed by atoms with Crippen molar-refractivity contribution in [3.8, 4) is 0 Å². The Kier molecular flexibility index (Phi) is 3.69. The van der Waals surface area contributed by atoms with E-state index in [0.717, 1.165) is 36.2 Å². The van der Waals surface area contributed by atoms with Gasteiger partial charge in [-0.2, -0.15) is 0 Å². The van der Waals surface area contributed by atoms with Crippen molar-refractivity contribution in [1.82, 2.24) is 0 Å². The molecule has 0 saturated carbocycles. The lowest BCUT2D eigenvalue weighted by molar-refractivity contribution is 0.0999. The second kappa shape index (κ2) is 5.06. The molecule has 0 spiro atoms. The van der Waals surface area contributed by atoms with Crippen molar-refractivity contribution >= 4 is 27.5 Å². The zero-order valence-corrected chi connectivity index (χ0v) is 11.1. The summed E-state index contributed by atoms with van der Waals surface area (Å²) in [5.41, 5.74) is 12.6. The molecule has 5 heteroatoms. The number of halogens is 1. The molecule has 1 unspecified atom stereocenters. The van der Waals surface area contributed by atoms with Crippen LogP contribution in [0.15, 0.2) is 22.7 Å². The molecule has 4 nitrogen and oxygen atoms in total. The molecule has 0 aliphatic carbocycles. The average Bonchev–Trinajstić information content (AvgIpc) is 2.76. The van der Waals surface area contributed by atoms with Gasteiger partial charge in [0, 0.05) is 23.2 Å². The Morgan fingerprint density at radius 3 is 2.82 bits per heavy atom. The van der Waals surface area contributed by atoms with E-state index in [9.17, 15) is 4.79 Å². The lowest BCUT2D eigenvalue weighted by Crippen LogP contribution is -2.22. The summed E-state index contributed by atoms with van der Waals surface area (Å²) < 4.78 is 0.749. The molecule has 1 amide bonds. The van der Waals surface area contributed by atoms with E-state index in [4.69, 9.17) is 11.5 Å². The van der Waals surface area contributed by atoms with Crippen LogP contribution in [0.25, 0.3) is 0 Å². The first-order valence-electron chi connectivity index (χ1n) is 5.66. The lowest BCUT2D eigenvalue weighted by atomic mass is 10.1. The number of hydrogen-bond acceptors (Lipinski definition) is 3. The van der Waals surface area contributed by atoms with Gasteiger partial charge in [-0.15, -0.1) is 0 Å². The fraction of sp³-hybridized carbons (Fsp3) is 0.417. The monoisotopic (exact) mass is 297 g/mol. The number of carbonyl (C=O) groups excluding carboxylic acids is 1. The maximum atomic E-state index is 11.1. The molecule has 1 aromatic carbocycles. The van der Waals surface area contributed by atoms with Crippen molar-refractivity contribution in [2.45, 2.75) is 6.42 Å². The highest BCUT2D eigenvalue weighted by atomic mass is 79.9. The SMILES string of the molecule is NCC1CCN(c2ccc(C(N)=O)c(Br)c2)C1. The lowest BCUT2D eigenvalue weighted by Gasteiger charge is -2.19. The van der Waals surface area contributed by atoms with Crippen molar-refractivity contribution in [3.05, 3.63) is 28.2 Å². The second-order valence-corrected chi connectivity index (χ2v) is 5.22. The molecule has 0 aromatic heterocycles. The number of benzene rings is 1. The molecule has 1 atom stereocenters. The summed E-state index contributed by atoms with van der Waals surface area (Å²) in [7, 11) is 0. The highest BCUT2D eigenvalue weighted by Gasteiger charge is 2.22. The summed E-state index contributed by atoms with van der Waals surface area (Å²) in [6, 6.07) is 5.64. The van der Waals surface area contributed by atoms with Crippen LogP contribution in [0.2, 0.25) is 0 Å². The van der Waals surface area contributed by atoms with E-state index >= 15 is 0 Å². The fourth-order valence-corrected chi connectivity index (χ4v) is 2.72. The Morgan fingerprint density at radius 1 is 1.53 bits per heavy atom. The largest absolute Gasteiger partial charge is 0.371 e. The van der Waals surface area contributed by atoms with Gasteiger partial charge in [0.25, 0.3) is 0 Å². The molecule has 17 heavy (non-hydrogen) atoms. The minimum atomic E-state index is -0.412. The predicted octanol–water partition coefficient (Wildman–Crippen LogP) is 1.33. The number of amides is 1. The molecule has 1 fully saturated rings. The van der Waals surface area contributed by atoms with Crippen molar-refractivity contribution in [1.29, 1.82) is 0 Å². The van der Waals surface area contributed by atoms with E-state index in [-0.39, 0.29) is 0 Å². The summed E-state index contributed by atoms with van der Waals surface area (Å²) in [5.74, 6) is 0.161. The van der Waals surface area contributed by atoms with Crippen LogP contribution in [0.4, 0.5) is 5.69 Å². The van der Waals surface area contributed by atoms with Gasteiger partial charge in [0.15, 0.2) is 0 Å². The van der Waals surface area contributed by atoms with E-state index in [0.29, 0.717) is 11.5 Å². The molecule has 1 aliphatic heterocycles. The summed E-state index contributed by atoms with van der Waals surface area (Å²) in [5, 5.41) is 0. The second-order valence-electron chi connectivity index (χ2n) is 4.36. The molecule has 1 heterocycles. The Labute approximate surface area is 109 Å². The number of hydrogen-bond donors (Lipinski definition) is 2. The Morgan fingerprint density at radius 2 is 2.29 bits per heavy atom. The molecular formula is C12H16BrN3O. The van der Waals surface area contributed by atoms with E-state index in [2.05, 4.69) is 20.8 Å². The minimum Gasteiger partial charge on any atom is -0.371 e. The van der Waals surface area contributed by atoms with Crippen LogP contribution >= 0.6 is 15.9 Å². The normalized spacial score (nSPS) is 19.6. The van der Waals surface area contributed by atoms with Gasteiger partial charge >= 0.3 is 0 Å². The molecular weight excluding hydrogens is 282 g/mol. The zero-order valence-electron chi connectivity index (χ0n) is 9.53. The minimum absolute atomic E-state index is 0.412. The topological polar surface area (TPSA) is 72.3 Å². The summed E-state index contributed by atoms with van der Waals surface area (Å²) in [6.07, 6.45) is 1.13. The zero-order chi connectivity index (χ0) is 12.4. The van der Waals surface area contributed by atoms with Crippen molar-refractivity contribution in [3.63, 3.8) is 0 Å². The third-order valence-electron chi connectivity index (χ3n) is 3.20. The van der Waals surface area contributed by atoms with Gasteiger partial charge in [-0.3, -0.25) is 4.79 Å². The van der Waals surface area contributed by atoms with Crippen molar-refractivity contribution in [2.24, 2.45) is 17.4 Å². The van der Waals surface area contributed by atoms with Gasteiger partial charge < -0.3 is 16.4 Å². The van der Waals surface area contributed by atoms with Crippen LogP contribution in [0, 0.1) is 5.92 Å². The maximum Gasteiger partial charge on any atom is 0.249 e. The Balaban J connectivity index is 2.18. The average molecular weight is 298 g/mol. The van der Waals surface area contributed by atoms with E-state index < -0.39 is 5.91 Å². The van der Waals surface area contributed by atoms with Crippen molar-refractivity contribution < 1.29 is 4.79 Å². The molecule has 2 rings (SSSR count). The smallest absolute Gasteiger partial charge is 0.249 e. The van der Waals surface area contributed by atoms with Crippen LogP contribution in [0.1, 0.15) is 16.8 Å². The van der Waals surface area contributed by atoms with E-state index in [1.165, 1.54) is 0 Å². The van der Waals surface area contributed by atoms with Gasteiger partial charge in [0.1, 0.15) is 0 Å². The van der Waals surface area contributed by atoms with Gasteiger partial charge in [0.2, 0.25) is 5.91 Å². The third-order valence-corrected chi connectivity index (χ3v) is 3.86. The Bertz CT molecular complexity index is 436. The molecule has 92 valence electrons. The first-order chi connectivity index (χ1) is 8.11. The quantitative estimate of drug-likeness (QED) is 0.884. The molecule has 1 saturated heterocycles. The van der Waals surface area contributed by atoms with Gasteiger partial charge in [0.05, 0.1) is 5.56 Å². The molecule has 1 aliphatic rings. The summed E-state index contributed by atoms with van der Waals surface area (Å²) >= 11 is 3.37. The van der Waals surface area contributed by atoms with E-state index in [1.54, 1.807) is 6.07 Å². The summed E-state index contributed by atoms with van der Waals surface area (Å²) in [4.78, 5) is 13.4. The van der Waals surface area contributed by atoms with Crippen LogP contribution in [-0.2, 0) is 0 Å². The highest BCUT2D eigenvalue weighted by molar-refractivity contribution is 9.10. The number of nitrogens with two attached hydrogens (primary N) is 2. The number of rotatable bonds is 3. The maximum absolute atomic E-state index is 11.1. The van der Waals surface area contributed by atoms with E-state index in [1.807, 2.05) is 12.1 Å². The number of anilines is 1. The molecule has 0 bridgehead atoms. The number of nitrogens with zero attached hydrogens (tertiary/aromatic N) is 1. The summed E-state index contributed by atoms with van der Waals surface area (Å²) in [6.45, 7) is 2.74. The van der Waals surface area contributed by atoms with Crippen LogP contribution in [0.3, 0.4) is 0 Å². The molecule has 4 N–H and O–H groups in total. The number of carbonyl (C=O) groups is 1. The van der Waals surface area contributed by atoms with Crippen molar-refractivity contribution in [2.75, 3.05) is 24.5 Å². The first kappa shape index (κ1) is 12.4. The van der Waals surface area contributed by atoms with Crippen LogP contribution in [-0.4, -0.2) is 25.5 Å². The standard InChI is InChI=1S/C12H16BrN3O/c13-11-5-9(1-2-10(11)12(15)17)16-4-3-8(6-14)7-16/h1-2,5,8H,3-4,6-7,14H2,(H2,15,17). The van der Waals surface area contributed by atoms with Crippen LogP contribution in [0.5, 0.6) is 0 Å².